The number of Topliss-reactive ketones (excluding diaryl/α,β-unsaturated/α-hetero) is 1. The molecule has 0 aromatic heterocycles. The minimum atomic E-state index is -0.599. The molecule has 7 heteroatoms. The summed E-state index contributed by atoms with van der Waals surface area (Å²) in [7, 11) is 0. The molecule has 0 fully saturated rings. The fraction of sp³-hybridized carbons (Fsp3) is 0.267. The second-order valence-electron chi connectivity index (χ2n) is 4.38. The number of carbonyl (C=O) groups is 2. The second kappa shape index (κ2) is 8.32. The molecule has 0 heterocycles. The summed E-state index contributed by atoms with van der Waals surface area (Å²) in [5, 5.41) is 18.9. The van der Waals surface area contributed by atoms with Gasteiger partial charge in [-0.15, -0.1) is 0 Å². The van der Waals surface area contributed by atoms with Gasteiger partial charge in [0.2, 0.25) is 0 Å². The zero-order chi connectivity index (χ0) is 16.5. The molecule has 0 radical (unpaired) electrons. The Morgan fingerprint density at radius 1 is 1.36 bits per heavy atom. The van der Waals surface area contributed by atoms with E-state index in [9.17, 15) is 19.7 Å². The molecule has 114 valence electrons. The predicted octanol–water partition coefficient (Wildman–Crippen LogP) is 2.41. The van der Waals surface area contributed by atoms with Crippen LogP contribution in [0.2, 0.25) is 0 Å². The van der Waals surface area contributed by atoms with Gasteiger partial charge in [-0.25, -0.2) is 0 Å². The summed E-state index contributed by atoms with van der Waals surface area (Å²) in [6, 6.07) is 7.44. The molecule has 1 aromatic carbocycles. The largest absolute Gasteiger partial charge is 0.464 e. The second-order valence-corrected chi connectivity index (χ2v) is 4.38. The van der Waals surface area contributed by atoms with E-state index in [1.807, 2.05) is 6.07 Å². The maximum absolute atomic E-state index is 11.6. The van der Waals surface area contributed by atoms with Crippen LogP contribution in [0.25, 0.3) is 6.08 Å². The molecule has 0 amide bonds. The number of carbonyl (C=O) groups excluding carboxylic acids is 2. The molecule has 22 heavy (non-hydrogen) atoms. The van der Waals surface area contributed by atoms with Crippen LogP contribution in [0.3, 0.4) is 0 Å². The first kappa shape index (κ1) is 17.0. The maximum atomic E-state index is 11.6. The highest BCUT2D eigenvalue weighted by atomic mass is 16.6. The first-order valence-electron chi connectivity index (χ1n) is 6.42. The van der Waals surface area contributed by atoms with Crippen molar-refractivity contribution in [3.63, 3.8) is 0 Å². The molecular weight excluding hydrogens is 288 g/mol. The van der Waals surface area contributed by atoms with E-state index in [1.54, 1.807) is 0 Å². The van der Waals surface area contributed by atoms with Gasteiger partial charge < -0.3 is 4.74 Å². The number of nitro benzene ring substituents is 1. The monoisotopic (exact) mass is 302 g/mol. The smallest absolute Gasteiger partial charge is 0.310 e. The van der Waals surface area contributed by atoms with Gasteiger partial charge in [0.1, 0.15) is 6.61 Å². The van der Waals surface area contributed by atoms with Crippen LogP contribution in [-0.2, 0) is 14.3 Å². The van der Waals surface area contributed by atoms with Crippen molar-refractivity contribution in [3.05, 3.63) is 45.5 Å². The lowest BCUT2D eigenvalue weighted by atomic mass is 10.0. The average Bonchev–Trinajstić information content (AvgIpc) is 2.47. The summed E-state index contributed by atoms with van der Waals surface area (Å²) in [6.45, 7) is 1.30. The highest BCUT2D eigenvalue weighted by molar-refractivity contribution is 6.01. The highest BCUT2D eigenvalue weighted by Crippen LogP contribution is 2.16. The number of hydrogen-bond donors (Lipinski definition) is 0. The van der Waals surface area contributed by atoms with E-state index >= 15 is 0 Å². The zero-order valence-electron chi connectivity index (χ0n) is 11.9. The Kier molecular flexibility index (Phi) is 6.44. The molecule has 0 saturated heterocycles. The third-order valence-corrected chi connectivity index (χ3v) is 2.71. The van der Waals surface area contributed by atoms with E-state index < -0.39 is 10.9 Å². The SMILES string of the molecule is CC(=O)C(=Cc1ccc([N+](=O)[O-])cc1)CC(=O)OCCC#N. The topological polar surface area (TPSA) is 110 Å². The summed E-state index contributed by atoms with van der Waals surface area (Å²) < 4.78 is 4.81. The van der Waals surface area contributed by atoms with Crippen LogP contribution in [0.1, 0.15) is 25.3 Å². The Labute approximate surface area is 127 Å². The number of non-ortho nitro benzene ring substituents is 1. The van der Waals surface area contributed by atoms with Crippen LogP contribution in [0, 0.1) is 21.4 Å². The lowest BCUT2D eigenvalue weighted by Gasteiger charge is -2.05. The number of rotatable bonds is 7. The van der Waals surface area contributed by atoms with Gasteiger partial charge in [0.05, 0.1) is 23.8 Å². The summed E-state index contributed by atoms with van der Waals surface area (Å²) in [4.78, 5) is 33.1. The lowest BCUT2D eigenvalue weighted by Crippen LogP contribution is -2.10. The molecule has 0 unspecified atom stereocenters. The standard InChI is InChI=1S/C15H14N2O5/c1-11(18)13(10-15(19)22-8-2-7-16)9-12-3-5-14(6-4-12)17(20)21/h3-6,9H,2,8,10H2,1H3. The summed E-state index contributed by atoms with van der Waals surface area (Å²) >= 11 is 0. The van der Waals surface area contributed by atoms with E-state index in [-0.39, 0.29) is 36.5 Å². The zero-order valence-corrected chi connectivity index (χ0v) is 11.9. The Bertz CT molecular complexity index is 641. The fourth-order valence-corrected chi connectivity index (χ4v) is 1.59. The van der Waals surface area contributed by atoms with E-state index in [1.165, 1.54) is 37.3 Å². The number of esters is 1. The van der Waals surface area contributed by atoms with Gasteiger partial charge in [-0.1, -0.05) is 0 Å². The molecule has 1 rings (SSSR count). The van der Waals surface area contributed by atoms with Crippen LogP contribution >= 0.6 is 0 Å². The van der Waals surface area contributed by atoms with Crippen molar-refractivity contribution in [1.82, 2.24) is 0 Å². The van der Waals surface area contributed by atoms with E-state index in [0.717, 1.165) is 0 Å². The number of benzene rings is 1. The van der Waals surface area contributed by atoms with Gasteiger partial charge >= 0.3 is 5.97 Å². The van der Waals surface area contributed by atoms with E-state index in [4.69, 9.17) is 10.00 Å². The van der Waals surface area contributed by atoms with Crippen LogP contribution in [0.4, 0.5) is 5.69 Å². The average molecular weight is 302 g/mol. The molecule has 0 aliphatic carbocycles. The minimum absolute atomic E-state index is 0.0158. The predicted molar refractivity (Wildman–Crippen MR) is 77.6 cm³/mol. The number of hydrogen-bond acceptors (Lipinski definition) is 6. The number of nitro groups is 1. The third kappa shape index (κ3) is 5.54. The summed E-state index contributed by atoms with van der Waals surface area (Å²) in [5.41, 5.74) is 0.744. The van der Waals surface area contributed by atoms with Crippen LogP contribution < -0.4 is 0 Å². The number of nitriles is 1. The molecule has 0 saturated carbocycles. The van der Waals surface area contributed by atoms with Crippen molar-refractivity contribution in [2.45, 2.75) is 19.8 Å². The van der Waals surface area contributed by atoms with Gasteiger partial charge in [-0.3, -0.25) is 19.7 Å². The van der Waals surface area contributed by atoms with Crippen LogP contribution in [0.15, 0.2) is 29.8 Å². The first-order chi connectivity index (χ1) is 10.4. The molecule has 0 N–H and O–H groups in total. The molecule has 1 aromatic rings. The van der Waals surface area contributed by atoms with Crippen molar-refractivity contribution in [3.8, 4) is 6.07 Å². The molecule has 0 atom stereocenters. The van der Waals surface area contributed by atoms with Gasteiger partial charge in [0.15, 0.2) is 5.78 Å². The van der Waals surface area contributed by atoms with Gasteiger partial charge in [-0.2, -0.15) is 5.26 Å². The molecule has 0 aliphatic rings. The van der Waals surface area contributed by atoms with Crippen molar-refractivity contribution in [2.24, 2.45) is 0 Å². The van der Waals surface area contributed by atoms with Crippen molar-refractivity contribution < 1.29 is 19.2 Å². The van der Waals surface area contributed by atoms with Gasteiger partial charge in [-0.05, 0) is 30.7 Å². The Hall–Kier alpha value is -3.01. The Balaban J connectivity index is 2.82. The highest BCUT2D eigenvalue weighted by Gasteiger charge is 2.12. The van der Waals surface area contributed by atoms with E-state index in [0.29, 0.717) is 5.56 Å². The van der Waals surface area contributed by atoms with Crippen molar-refractivity contribution in [1.29, 1.82) is 5.26 Å². The lowest BCUT2D eigenvalue weighted by molar-refractivity contribution is -0.384. The quantitative estimate of drug-likeness (QED) is 0.251. The summed E-state index contributed by atoms with van der Waals surface area (Å²) in [5.74, 6) is -0.894. The normalized spacial score (nSPS) is 10.6. The third-order valence-electron chi connectivity index (χ3n) is 2.71. The van der Waals surface area contributed by atoms with Crippen molar-refractivity contribution in [2.75, 3.05) is 6.61 Å². The van der Waals surface area contributed by atoms with Crippen LogP contribution in [0.5, 0.6) is 0 Å². The molecule has 7 nitrogen and oxygen atoms in total. The van der Waals surface area contributed by atoms with Gasteiger partial charge in [0.25, 0.3) is 5.69 Å². The molecule has 0 bridgehead atoms. The molecule has 0 spiro atoms. The Morgan fingerprint density at radius 2 is 2.00 bits per heavy atom. The number of ether oxygens (including phenoxy) is 1. The Morgan fingerprint density at radius 3 is 2.50 bits per heavy atom. The van der Waals surface area contributed by atoms with Crippen molar-refractivity contribution >= 4 is 23.5 Å². The maximum Gasteiger partial charge on any atom is 0.310 e. The molecular formula is C15H14N2O5. The minimum Gasteiger partial charge on any atom is -0.464 e. The first-order valence-corrected chi connectivity index (χ1v) is 6.42. The molecule has 0 aliphatic heterocycles. The summed E-state index contributed by atoms with van der Waals surface area (Å²) in [6.07, 6.45) is 1.36. The number of ketones is 1. The van der Waals surface area contributed by atoms with Gasteiger partial charge in [0, 0.05) is 17.7 Å². The fourth-order valence-electron chi connectivity index (χ4n) is 1.59. The van der Waals surface area contributed by atoms with E-state index in [2.05, 4.69) is 0 Å². The number of nitrogens with zero attached hydrogens (tertiary/aromatic N) is 2. The van der Waals surface area contributed by atoms with Crippen LogP contribution in [-0.4, -0.2) is 23.3 Å².